The summed E-state index contributed by atoms with van der Waals surface area (Å²) < 4.78 is 18.1. The van der Waals surface area contributed by atoms with Gasteiger partial charge in [-0.15, -0.1) is 0 Å². The van der Waals surface area contributed by atoms with E-state index in [1.807, 2.05) is 0 Å². The number of methoxy groups -OCH3 is 1. The molecule has 0 aliphatic rings. The zero-order valence-electron chi connectivity index (χ0n) is 11.2. The molecule has 0 aromatic heterocycles. The molecule has 0 saturated heterocycles. The molecule has 0 saturated carbocycles. The quantitative estimate of drug-likeness (QED) is 0.653. The highest BCUT2D eigenvalue weighted by atomic mass is 19.1. The Morgan fingerprint density at radius 3 is 2.81 bits per heavy atom. The number of phenols is 1. The smallest absolute Gasteiger partial charge is 0.296 e. The van der Waals surface area contributed by atoms with Crippen molar-refractivity contribution in [2.45, 2.75) is 6.54 Å². The van der Waals surface area contributed by atoms with Crippen LogP contribution in [0.3, 0.4) is 0 Å². The van der Waals surface area contributed by atoms with Gasteiger partial charge in [0.15, 0.2) is 11.6 Å². The van der Waals surface area contributed by atoms with E-state index in [4.69, 9.17) is 4.74 Å². The second-order valence-corrected chi connectivity index (χ2v) is 4.24. The van der Waals surface area contributed by atoms with Crippen molar-refractivity contribution in [3.05, 3.63) is 57.9 Å². The van der Waals surface area contributed by atoms with Gasteiger partial charge < -0.3 is 15.2 Å². The number of hydrogen-bond donors (Lipinski definition) is 2. The molecule has 0 bridgehead atoms. The van der Waals surface area contributed by atoms with Crippen LogP contribution in [0.25, 0.3) is 0 Å². The predicted octanol–water partition coefficient (Wildman–Crippen LogP) is 3.06. The zero-order valence-corrected chi connectivity index (χ0v) is 11.2. The number of para-hydroxylation sites is 1. The molecule has 0 heterocycles. The Bertz CT molecular complexity index is 676. The molecule has 6 nitrogen and oxygen atoms in total. The Hall–Kier alpha value is -2.83. The van der Waals surface area contributed by atoms with Gasteiger partial charge >= 0.3 is 0 Å². The average molecular weight is 292 g/mol. The lowest BCUT2D eigenvalue weighted by Gasteiger charge is -2.10. The molecule has 2 N–H and O–H groups in total. The Morgan fingerprint density at radius 1 is 1.38 bits per heavy atom. The maximum atomic E-state index is 13.2. The second kappa shape index (κ2) is 6.08. The maximum Gasteiger partial charge on any atom is 0.296 e. The molecule has 110 valence electrons. The van der Waals surface area contributed by atoms with Crippen molar-refractivity contribution in [2.75, 3.05) is 12.4 Å². The highest BCUT2D eigenvalue weighted by Gasteiger charge is 2.15. The van der Waals surface area contributed by atoms with Crippen LogP contribution in [-0.4, -0.2) is 17.1 Å². The summed E-state index contributed by atoms with van der Waals surface area (Å²) in [5.41, 5.74) is 0.398. The van der Waals surface area contributed by atoms with Gasteiger partial charge in [-0.3, -0.25) is 10.1 Å². The van der Waals surface area contributed by atoms with Crippen molar-refractivity contribution in [1.82, 2.24) is 0 Å². The standard InChI is InChI=1S/C14H13FN2O4/c1-21-10-5-6-12(13(7-10)17(19)20)16-8-9-3-2-4-11(15)14(9)18/h2-7,16,18H,8H2,1H3. The van der Waals surface area contributed by atoms with E-state index in [0.717, 1.165) is 6.07 Å². The first-order chi connectivity index (χ1) is 10.0. The first-order valence-corrected chi connectivity index (χ1v) is 6.05. The normalized spacial score (nSPS) is 10.2. The fourth-order valence-electron chi connectivity index (χ4n) is 1.83. The molecule has 2 rings (SSSR count). The number of benzene rings is 2. The van der Waals surface area contributed by atoms with Crippen molar-refractivity contribution in [3.63, 3.8) is 0 Å². The minimum absolute atomic E-state index is 0.0523. The van der Waals surface area contributed by atoms with Crippen molar-refractivity contribution in [3.8, 4) is 11.5 Å². The van der Waals surface area contributed by atoms with Gasteiger partial charge in [-0.05, 0) is 18.2 Å². The molecule has 0 atom stereocenters. The summed E-state index contributed by atoms with van der Waals surface area (Å²) in [4.78, 5) is 10.5. The Morgan fingerprint density at radius 2 is 2.14 bits per heavy atom. The predicted molar refractivity (Wildman–Crippen MR) is 75.0 cm³/mol. The van der Waals surface area contributed by atoms with Crippen molar-refractivity contribution in [1.29, 1.82) is 0 Å². The summed E-state index contributed by atoms with van der Waals surface area (Å²) in [7, 11) is 1.41. The average Bonchev–Trinajstić information content (AvgIpc) is 2.48. The lowest BCUT2D eigenvalue weighted by atomic mass is 10.2. The van der Waals surface area contributed by atoms with Gasteiger partial charge in [0, 0.05) is 12.1 Å². The second-order valence-electron chi connectivity index (χ2n) is 4.24. The van der Waals surface area contributed by atoms with Gasteiger partial charge in [0.2, 0.25) is 0 Å². The number of nitrogens with zero attached hydrogens (tertiary/aromatic N) is 1. The molecule has 0 aliphatic carbocycles. The highest BCUT2D eigenvalue weighted by Crippen LogP contribution is 2.30. The third-order valence-corrected chi connectivity index (χ3v) is 2.94. The van der Waals surface area contributed by atoms with Crippen LogP contribution < -0.4 is 10.1 Å². The van der Waals surface area contributed by atoms with E-state index in [0.29, 0.717) is 11.3 Å². The number of hydrogen-bond acceptors (Lipinski definition) is 5. The van der Waals surface area contributed by atoms with E-state index in [1.54, 1.807) is 6.07 Å². The van der Waals surface area contributed by atoms with E-state index >= 15 is 0 Å². The summed E-state index contributed by atoms with van der Waals surface area (Å²) in [5.74, 6) is -0.847. The molecule has 0 amide bonds. The number of phenolic OH excluding ortho intramolecular Hbond substituents is 1. The molecule has 7 heteroatoms. The number of rotatable bonds is 5. The molecular weight excluding hydrogens is 279 g/mol. The van der Waals surface area contributed by atoms with Gasteiger partial charge in [0.1, 0.15) is 11.4 Å². The summed E-state index contributed by atoms with van der Waals surface area (Å²) >= 11 is 0. The third kappa shape index (κ3) is 3.19. The van der Waals surface area contributed by atoms with Crippen LogP contribution in [0.15, 0.2) is 36.4 Å². The largest absolute Gasteiger partial charge is 0.505 e. The van der Waals surface area contributed by atoms with Crippen molar-refractivity contribution in [2.24, 2.45) is 0 Å². The molecule has 0 fully saturated rings. The minimum Gasteiger partial charge on any atom is -0.505 e. The number of anilines is 1. The maximum absolute atomic E-state index is 13.2. The third-order valence-electron chi connectivity index (χ3n) is 2.94. The van der Waals surface area contributed by atoms with Crippen LogP contribution >= 0.6 is 0 Å². The van der Waals surface area contributed by atoms with Gasteiger partial charge in [-0.1, -0.05) is 12.1 Å². The molecule has 0 unspecified atom stereocenters. The topological polar surface area (TPSA) is 84.6 Å². The van der Waals surface area contributed by atoms with Crippen molar-refractivity contribution >= 4 is 11.4 Å². The molecular formula is C14H13FN2O4. The monoisotopic (exact) mass is 292 g/mol. The summed E-state index contributed by atoms with van der Waals surface area (Å²) in [5, 5.41) is 23.4. The van der Waals surface area contributed by atoms with Crippen molar-refractivity contribution < 1.29 is 19.2 Å². The highest BCUT2D eigenvalue weighted by molar-refractivity contribution is 5.64. The number of aromatic hydroxyl groups is 1. The molecule has 2 aromatic rings. The number of nitro groups is 1. The number of ether oxygens (including phenoxy) is 1. The Kier molecular flexibility index (Phi) is 4.22. The zero-order chi connectivity index (χ0) is 15.4. The van der Waals surface area contributed by atoms with E-state index in [9.17, 15) is 19.6 Å². The van der Waals surface area contributed by atoms with Crippen LogP contribution in [0.1, 0.15) is 5.56 Å². The fourth-order valence-corrected chi connectivity index (χ4v) is 1.83. The van der Waals surface area contributed by atoms with Crippen LogP contribution in [0.2, 0.25) is 0 Å². The first-order valence-electron chi connectivity index (χ1n) is 6.05. The molecule has 0 spiro atoms. The number of nitro benzene ring substituents is 1. The van der Waals surface area contributed by atoms with Crippen LogP contribution in [0.5, 0.6) is 11.5 Å². The van der Waals surface area contributed by atoms with Gasteiger partial charge in [-0.25, -0.2) is 4.39 Å². The van der Waals surface area contributed by atoms with Crippen LogP contribution in [0, 0.1) is 15.9 Å². The van der Waals surface area contributed by atoms with E-state index < -0.39 is 16.5 Å². The lowest BCUT2D eigenvalue weighted by molar-refractivity contribution is -0.384. The molecule has 0 aliphatic heterocycles. The van der Waals surface area contributed by atoms with Crippen LogP contribution in [-0.2, 0) is 6.54 Å². The molecule has 2 aromatic carbocycles. The first kappa shape index (κ1) is 14.6. The molecule has 0 radical (unpaired) electrons. The fraction of sp³-hybridized carbons (Fsp3) is 0.143. The lowest BCUT2D eigenvalue weighted by Crippen LogP contribution is -2.03. The van der Waals surface area contributed by atoms with Crippen LogP contribution in [0.4, 0.5) is 15.8 Å². The Labute approximate surface area is 119 Å². The summed E-state index contributed by atoms with van der Waals surface area (Å²) in [6, 6.07) is 8.46. The van der Waals surface area contributed by atoms with Gasteiger partial charge in [-0.2, -0.15) is 0 Å². The Balaban J connectivity index is 2.23. The van der Waals surface area contributed by atoms with E-state index in [2.05, 4.69) is 5.32 Å². The molecule has 21 heavy (non-hydrogen) atoms. The van der Waals surface area contributed by atoms with Gasteiger partial charge in [0.25, 0.3) is 5.69 Å². The number of halogens is 1. The summed E-state index contributed by atoms with van der Waals surface area (Å²) in [6.07, 6.45) is 0. The SMILES string of the molecule is COc1ccc(NCc2cccc(F)c2O)c([N+](=O)[O-])c1. The minimum atomic E-state index is -0.737. The van der Waals surface area contributed by atoms with E-state index in [1.165, 1.54) is 31.4 Å². The number of nitrogens with one attached hydrogen (secondary N) is 1. The van der Waals surface area contributed by atoms with E-state index in [-0.39, 0.29) is 17.9 Å². The van der Waals surface area contributed by atoms with Gasteiger partial charge in [0.05, 0.1) is 18.1 Å². The summed E-state index contributed by atoms with van der Waals surface area (Å²) in [6.45, 7) is 0.0523.